The van der Waals surface area contributed by atoms with Crippen LogP contribution in [-0.2, 0) is 11.3 Å². The van der Waals surface area contributed by atoms with E-state index in [1.807, 2.05) is 23.1 Å². The number of nitrogens with one attached hydrogen (secondary N) is 5. The van der Waals surface area contributed by atoms with E-state index < -0.39 is 0 Å². The fourth-order valence-corrected chi connectivity index (χ4v) is 3.60. The van der Waals surface area contributed by atoms with E-state index in [-0.39, 0.29) is 17.9 Å². The molecule has 0 fully saturated rings. The molecule has 1 heterocycles. The second-order valence-electron chi connectivity index (χ2n) is 7.68. The third-order valence-corrected chi connectivity index (χ3v) is 5.25. The van der Waals surface area contributed by atoms with Gasteiger partial charge in [0, 0.05) is 68.2 Å². The Labute approximate surface area is 184 Å². The molecule has 0 bridgehead atoms. The lowest BCUT2D eigenvalue weighted by Crippen LogP contribution is -2.33. The molecule has 9 heteroatoms. The molecule has 5 N–H and O–H groups in total. The van der Waals surface area contributed by atoms with Crippen molar-refractivity contribution in [2.24, 2.45) is 5.11 Å². The van der Waals surface area contributed by atoms with Crippen molar-refractivity contribution in [3.05, 3.63) is 41.2 Å². The highest BCUT2D eigenvalue weighted by atomic mass is 16.2. The van der Waals surface area contributed by atoms with Crippen LogP contribution in [0, 0.1) is 5.53 Å². The Morgan fingerprint density at radius 3 is 2.84 bits per heavy atom. The molecule has 1 unspecified atom stereocenters. The Hall–Kier alpha value is -2.78. The molecule has 1 atom stereocenters. The van der Waals surface area contributed by atoms with Gasteiger partial charge in [-0.25, -0.2) is 5.53 Å². The maximum absolute atomic E-state index is 12.7. The van der Waals surface area contributed by atoms with Gasteiger partial charge in [-0.3, -0.25) is 9.59 Å². The lowest BCUT2D eigenvalue weighted by atomic mass is 10.1. The molecule has 170 valence electrons. The smallest absolute Gasteiger partial charge is 0.254 e. The molecule has 0 saturated heterocycles. The van der Waals surface area contributed by atoms with Gasteiger partial charge in [0.1, 0.15) is 0 Å². The van der Waals surface area contributed by atoms with Gasteiger partial charge < -0.3 is 26.2 Å². The van der Waals surface area contributed by atoms with Gasteiger partial charge in [-0.2, -0.15) is 5.11 Å². The minimum absolute atomic E-state index is 0.0476. The summed E-state index contributed by atoms with van der Waals surface area (Å²) in [6.45, 7) is 7.18. The molecule has 9 nitrogen and oxygen atoms in total. The first-order chi connectivity index (χ1) is 15.0. The largest absolute Gasteiger partial charge is 0.388 e. The predicted molar refractivity (Wildman–Crippen MR) is 122 cm³/mol. The van der Waals surface area contributed by atoms with E-state index in [1.165, 1.54) is 0 Å². The molecule has 0 radical (unpaired) electrons. The van der Waals surface area contributed by atoms with Gasteiger partial charge in [0.15, 0.2) is 0 Å². The maximum Gasteiger partial charge on any atom is 0.254 e. The SMILES string of the molecule is CCCC(C)N1Cc2c(NC(=O)CCNCCN/C=C(/CNC)N=N)cccc2C1=O. The van der Waals surface area contributed by atoms with E-state index in [4.69, 9.17) is 5.53 Å². The molecule has 0 spiro atoms. The van der Waals surface area contributed by atoms with Crippen molar-refractivity contribution in [2.75, 3.05) is 38.5 Å². The first-order valence-corrected chi connectivity index (χ1v) is 10.9. The Balaban J connectivity index is 1.77. The number of likely N-dealkylation sites (N-methyl/N-ethyl adjacent to an activating group) is 1. The molecule has 2 amide bonds. The fourth-order valence-electron chi connectivity index (χ4n) is 3.60. The molecule has 1 aromatic rings. The number of nitrogens with zero attached hydrogens (tertiary/aromatic N) is 2. The summed E-state index contributed by atoms with van der Waals surface area (Å²) in [6.07, 6.45) is 4.04. The molecule has 1 aliphatic heterocycles. The average molecular weight is 430 g/mol. The quantitative estimate of drug-likeness (QED) is 0.230. The zero-order chi connectivity index (χ0) is 22.6. The highest BCUT2D eigenvalue weighted by Gasteiger charge is 2.32. The molecule has 0 aromatic heterocycles. The number of fused-ring (bicyclic) bond motifs is 1. The van der Waals surface area contributed by atoms with Crippen molar-refractivity contribution in [2.45, 2.75) is 45.7 Å². The summed E-state index contributed by atoms with van der Waals surface area (Å²) in [6, 6.07) is 5.71. The standard InChI is InChI=1S/C22H35N7O2/c1-4-6-16(2)29-15-19-18(22(29)31)7-5-8-20(19)27-21(30)9-10-25-11-12-26-14-17(28-23)13-24-3/h5,7-8,14,16,23-26H,4,6,9-13,15H2,1-3H3,(H,27,30)/b17-14-,28-23?. The Morgan fingerprint density at radius 1 is 1.32 bits per heavy atom. The molecule has 31 heavy (non-hydrogen) atoms. The van der Waals surface area contributed by atoms with Gasteiger partial charge in [-0.15, -0.1) is 0 Å². The second kappa shape index (κ2) is 12.8. The van der Waals surface area contributed by atoms with E-state index in [0.717, 1.165) is 24.1 Å². The molecule has 2 rings (SSSR count). The zero-order valence-corrected chi connectivity index (χ0v) is 18.8. The highest BCUT2D eigenvalue weighted by molar-refractivity contribution is 6.02. The van der Waals surface area contributed by atoms with Crippen LogP contribution >= 0.6 is 0 Å². The van der Waals surface area contributed by atoms with Gasteiger partial charge in [0.2, 0.25) is 5.91 Å². The van der Waals surface area contributed by atoms with E-state index >= 15 is 0 Å². The number of anilines is 1. The van der Waals surface area contributed by atoms with E-state index in [9.17, 15) is 9.59 Å². The molecule has 1 aromatic carbocycles. The van der Waals surface area contributed by atoms with Crippen molar-refractivity contribution < 1.29 is 9.59 Å². The monoisotopic (exact) mass is 429 g/mol. The lowest BCUT2D eigenvalue weighted by Gasteiger charge is -2.23. The summed E-state index contributed by atoms with van der Waals surface area (Å²) in [4.78, 5) is 27.0. The van der Waals surface area contributed by atoms with Gasteiger partial charge in [0.25, 0.3) is 5.91 Å². The van der Waals surface area contributed by atoms with E-state index in [1.54, 1.807) is 13.2 Å². The van der Waals surface area contributed by atoms with Crippen LogP contribution in [0.5, 0.6) is 0 Å². The summed E-state index contributed by atoms with van der Waals surface area (Å²) in [5, 5.41) is 15.6. The van der Waals surface area contributed by atoms with Gasteiger partial charge in [-0.1, -0.05) is 19.4 Å². The first kappa shape index (κ1) is 24.5. The Kier molecular flexibility index (Phi) is 10.1. The molecule has 0 aliphatic carbocycles. The number of rotatable bonds is 14. The zero-order valence-electron chi connectivity index (χ0n) is 18.8. The molecular weight excluding hydrogens is 394 g/mol. The first-order valence-electron chi connectivity index (χ1n) is 10.9. The predicted octanol–water partition coefficient (Wildman–Crippen LogP) is 2.43. The number of amides is 2. The summed E-state index contributed by atoms with van der Waals surface area (Å²) >= 11 is 0. The van der Waals surface area contributed by atoms with Crippen LogP contribution < -0.4 is 21.3 Å². The van der Waals surface area contributed by atoms with Crippen molar-refractivity contribution in [3.8, 4) is 0 Å². The van der Waals surface area contributed by atoms with Gasteiger partial charge >= 0.3 is 0 Å². The maximum atomic E-state index is 12.7. The third kappa shape index (κ3) is 7.15. The van der Waals surface area contributed by atoms with Crippen LogP contribution in [0.25, 0.3) is 0 Å². The fraction of sp³-hybridized carbons (Fsp3) is 0.545. The van der Waals surface area contributed by atoms with Crippen LogP contribution in [0.2, 0.25) is 0 Å². The molecule has 1 aliphatic rings. The second-order valence-corrected chi connectivity index (χ2v) is 7.68. The van der Waals surface area contributed by atoms with Gasteiger partial charge in [0.05, 0.1) is 5.70 Å². The average Bonchev–Trinajstić information content (AvgIpc) is 3.10. The van der Waals surface area contributed by atoms with Crippen LogP contribution in [0.4, 0.5) is 5.69 Å². The van der Waals surface area contributed by atoms with Crippen molar-refractivity contribution in [3.63, 3.8) is 0 Å². The summed E-state index contributed by atoms with van der Waals surface area (Å²) in [7, 11) is 1.80. The minimum atomic E-state index is -0.0782. The van der Waals surface area contributed by atoms with Crippen LogP contribution in [0.3, 0.4) is 0 Å². The number of hydrogen-bond acceptors (Lipinski definition) is 7. The number of hydrogen-bond donors (Lipinski definition) is 5. The van der Waals surface area contributed by atoms with Crippen LogP contribution in [0.1, 0.15) is 49.0 Å². The van der Waals surface area contributed by atoms with Crippen molar-refractivity contribution in [1.29, 1.82) is 5.53 Å². The summed E-state index contributed by atoms with van der Waals surface area (Å²) < 4.78 is 0. The number of carbonyl (C=O) groups is 2. The van der Waals surface area contributed by atoms with Crippen molar-refractivity contribution in [1.82, 2.24) is 20.9 Å². The van der Waals surface area contributed by atoms with Crippen molar-refractivity contribution >= 4 is 17.5 Å². The van der Waals surface area contributed by atoms with Gasteiger partial charge in [-0.05, 0) is 32.5 Å². The molecular formula is C22H35N7O2. The van der Waals surface area contributed by atoms with E-state index in [0.29, 0.717) is 50.4 Å². The van der Waals surface area contributed by atoms with Crippen LogP contribution in [0.15, 0.2) is 35.2 Å². The normalized spacial score (nSPS) is 14.4. The Morgan fingerprint density at radius 2 is 2.13 bits per heavy atom. The lowest BCUT2D eigenvalue weighted by molar-refractivity contribution is -0.116. The molecule has 0 saturated carbocycles. The third-order valence-electron chi connectivity index (χ3n) is 5.25. The number of carbonyl (C=O) groups excluding carboxylic acids is 2. The summed E-state index contributed by atoms with van der Waals surface area (Å²) in [5.74, 6) is -0.0306. The number of benzene rings is 1. The minimum Gasteiger partial charge on any atom is -0.388 e. The highest BCUT2D eigenvalue weighted by Crippen LogP contribution is 2.31. The van der Waals surface area contributed by atoms with E-state index in [2.05, 4.69) is 40.2 Å². The van der Waals surface area contributed by atoms with Crippen LogP contribution in [-0.4, -0.2) is 56.0 Å². The topological polar surface area (TPSA) is 122 Å². The summed E-state index contributed by atoms with van der Waals surface area (Å²) in [5.41, 5.74) is 10.00. The Bertz CT molecular complexity index is 794.